The number of hydrogen-bond donors (Lipinski definition) is 2. The Kier molecular flexibility index (Phi) is 9.60. The van der Waals surface area contributed by atoms with Gasteiger partial charge in [-0.2, -0.15) is 0 Å². The lowest BCUT2D eigenvalue weighted by atomic mass is 10.0. The van der Waals surface area contributed by atoms with E-state index in [9.17, 15) is 14.4 Å². The van der Waals surface area contributed by atoms with Crippen molar-refractivity contribution in [3.8, 4) is 0 Å². The Morgan fingerprint density at radius 1 is 1.08 bits per heavy atom. The number of carbonyl (C=O) groups excluding carboxylic acids is 3. The van der Waals surface area contributed by atoms with Crippen LogP contribution in [0.2, 0.25) is 5.02 Å². The maximum absolute atomic E-state index is 12.9. The van der Waals surface area contributed by atoms with Gasteiger partial charge in [0.1, 0.15) is 0 Å². The molecule has 4 rings (SSSR count). The van der Waals surface area contributed by atoms with Crippen molar-refractivity contribution in [2.24, 2.45) is 13.0 Å². The molecule has 1 saturated heterocycles. The number of morpholine rings is 1. The highest BCUT2D eigenvalue weighted by atomic mass is 35.5. The Balaban J connectivity index is 1.37. The number of halogens is 1. The molecular weight excluding hydrogens is 540 g/mol. The van der Waals surface area contributed by atoms with Crippen LogP contribution in [0.15, 0.2) is 53.7 Å². The standard InChI is InChI=1S/C27H31ClN6O4S/c1-17(2)23(30-25(36)20-9-4-5-10-21(20)28)24-31-32-27(33(24)3)39-16-22(35)29-19-8-6-7-18(15-19)26(37)34-11-13-38-14-12-34/h4-10,15,17,23H,11-14,16H2,1-3H3,(H,29,35)(H,30,36)/t23-/m1/s1. The Morgan fingerprint density at radius 2 is 1.82 bits per heavy atom. The fourth-order valence-electron chi connectivity index (χ4n) is 4.12. The molecule has 3 amide bonds. The molecule has 0 bridgehead atoms. The lowest BCUT2D eigenvalue weighted by Crippen LogP contribution is -2.40. The van der Waals surface area contributed by atoms with E-state index in [1.54, 1.807) is 65.0 Å². The molecule has 2 heterocycles. The summed E-state index contributed by atoms with van der Waals surface area (Å²) < 4.78 is 7.09. The van der Waals surface area contributed by atoms with E-state index in [2.05, 4.69) is 20.8 Å². The van der Waals surface area contributed by atoms with E-state index in [1.165, 1.54) is 11.8 Å². The molecule has 2 aromatic carbocycles. The molecule has 0 aliphatic carbocycles. The summed E-state index contributed by atoms with van der Waals surface area (Å²) in [6, 6.07) is 13.3. The van der Waals surface area contributed by atoms with Gasteiger partial charge in [-0.3, -0.25) is 14.4 Å². The summed E-state index contributed by atoms with van der Waals surface area (Å²) in [7, 11) is 1.80. The Labute approximate surface area is 236 Å². The first kappa shape index (κ1) is 28.6. The molecule has 12 heteroatoms. The van der Waals surface area contributed by atoms with Crippen molar-refractivity contribution >= 4 is 46.8 Å². The second-order valence-corrected chi connectivity index (χ2v) is 10.7. The minimum absolute atomic E-state index is 0.0212. The van der Waals surface area contributed by atoms with Crippen LogP contribution in [0.4, 0.5) is 5.69 Å². The zero-order valence-electron chi connectivity index (χ0n) is 22.0. The minimum Gasteiger partial charge on any atom is -0.378 e. The number of benzene rings is 2. The van der Waals surface area contributed by atoms with Crippen molar-refractivity contribution in [2.45, 2.75) is 25.0 Å². The van der Waals surface area contributed by atoms with Gasteiger partial charge in [0, 0.05) is 31.4 Å². The van der Waals surface area contributed by atoms with E-state index >= 15 is 0 Å². The molecule has 1 aromatic heterocycles. The van der Waals surface area contributed by atoms with E-state index in [1.807, 2.05) is 13.8 Å². The lowest BCUT2D eigenvalue weighted by molar-refractivity contribution is -0.113. The van der Waals surface area contributed by atoms with Crippen LogP contribution in [-0.4, -0.2) is 69.4 Å². The third-order valence-corrected chi connectivity index (χ3v) is 7.59. The summed E-state index contributed by atoms with van der Waals surface area (Å²) in [5, 5.41) is 15.3. The third-order valence-electron chi connectivity index (χ3n) is 6.24. The molecule has 1 atom stereocenters. The highest BCUT2D eigenvalue weighted by Crippen LogP contribution is 2.25. The van der Waals surface area contributed by atoms with Crippen LogP contribution in [0, 0.1) is 5.92 Å². The Hall–Kier alpha value is -3.41. The van der Waals surface area contributed by atoms with Gasteiger partial charge in [-0.25, -0.2) is 0 Å². The van der Waals surface area contributed by atoms with Crippen molar-refractivity contribution in [3.05, 3.63) is 70.5 Å². The molecule has 3 aromatic rings. The number of amides is 3. The number of anilines is 1. The largest absolute Gasteiger partial charge is 0.378 e. The van der Waals surface area contributed by atoms with E-state index < -0.39 is 6.04 Å². The van der Waals surface area contributed by atoms with Crippen LogP contribution in [0.25, 0.3) is 0 Å². The lowest BCUT2D eigenvalue weighted by Gasteiger charge is -2.27. The molecule has 1 aliphatic heterocycles. The predicted molar refractivity (Wildman–Crippen MR) is 150 cm³/mol. The topological polar surface area (TPSA) is 118 Å². The van der Waals surface area contributed by atoms with Gasteiger partial charge < -0.3 is 24.8 Å². The monoisotopic (exact) mass is 570 g/mol. The number of nitrogens with one attached hydrogen (secondary N) is 2. The van der Waals surface area contributed by atoms with Crippen LogP contribution in [0.5, 0.6) is 0 Å². The molecule has 1 aliphatic rings. The smallest absolute Gasteiger partial charge is 0.254 e. The van der Waals surface area contributed by atoms with E-state index in [-0.39, 0.29) is 29.4 Å². The normalized spacial score (nSPS) is 14.2. The SMILES string of the molecule is CC(C)[C@@H](NC(=O)c1ccccc1Cl)c1nnc(SCC(=O)Nc2cccc(C(=O)N3CCOCC3)c2)n1C. The summed E-state index contributed by atoms with van der Waals surface area (Å²) in [4.78, 5) is 40.1. The van der Waals surface area contributed by atoms with Gasteiger partial charge in [-0.15, -0.1) is 10.2 Å². The summed E-state index contributed by atoms with van der Waals surface area (Å²) in [6.45, 7) is 6.10. The first-order chi connectivity index (χ1) is 18.7. The molecule has 206 valence electrons. The van der Waals surface area contributed by atoms with Gasteiger partial charge in [-0.1, -0.05) is 55.4 Å². The van der Waals surface area contributed by atoms with E-state index in [4.69, 9.17) is 16.3 Å². The fraction of sp³-hybridized carbons (Fsp3) is 0.370. The predicted octanol–water partition coefficient (Wildman–Crippen LogP) is 3.80. The van der Waals surface area contributed by atoms with Gasteiger partial charge >= 0.3 is 0 Å². The zero-order valence-corrected chi connectivity index (χ0v) is 23.6. The average molecular weight is 571 g/mol. The summed E-state index contributed by atoms with van der Waals surface area (Å²) in [5.41, 5.74) is 1.44. The second-order valence-electron chi connectivity index (χ2n) is 9.40. The van der Waals surface area contributed by atoms with Gasteiger partial charge in [-0.05, 0) is 36.2 Å². The molecule has 10 nitrogen and oxygen atoms in total. The van der Waals surface area contributed by atoms with Gasteiger partial charge in [0.25, 0.3) is 11.8 Å². The van der Waals surface area contributed by atoms with Crippen LogP contribution < -0.4 is 10.6 Å². The van der Waals surface area contributed by atoms with Gasteiger partial charge in [0.05, 0.1) is 35.6 Å². The van der Waals surface area contributed by atoms with Crippen LogP contribution in [-0.2, 0) is 16.6 Å². The Bertz CT molecular complexity index is 1340. The van der Waals surface area contributed by atoms with Crippen LogP contribution >= 0.6 is 23.4 Å². The van der Waals surface area contributed by atoms with Crippen molar-refractivity contribution < 1.29 is 19.1 Å². The number of rotatable bonds is 9. The number of nitrogens with zero attached hydrogens (tertiary/aromatic N) is 4. The van der Waals surface area contributed by atoms with E-state index in [0.717, 1.165) is 0 Å². The number of ether oxygens (including phenoxy) is 1. The van der Waals surface area contributed by atoms with Gasteiger partial charge in [0.15, 0.2) is 11.0 Å². The highest BCUT2D eigenvalue weighted by Gasteiger charge is 2.26. The first-order valence-corrected chi connectivity index (χ1v) is 14.0. The number of hydrogen-bond acceptors (Lipinski definition) is 7. The molecular formula is C27H31ClN6O4S. The van der Waals surface area contributed by atoms with E-state index in [0.29, 0.717) is 59.1 Å². The fourth-order valence-corrected chi connectivity index (χ4v) is 5.06. The molecule has 0 saturated carbocycles. The van der Waals surface area contributed by atoms with Crippen molar-refractivity contribution in [1.29, 1.82) is 0 Å². The average Bonchev–Trinajstić information content (AvgIpc) is 3.30. The maximum Gasteiger partial charge on any atom is 0.254 e. The second kappa shape index (κ2) is 13.1. The summed E-state index contributed by atoms with van der Waals surface area (Å²) in [5.74, 6) is 0.0526. The zero-order chi connectivity index (χ0) is 27.9. The molecule has 2 N–H and O–H groups in total. The summed E-state index contributed by atoms with van der Waals surface area (Å²) >= 11 is 7.42. The van der Waals surface area contributed by atoms with Crippen LogP contribution in [0.1, 0.15) is 46.4 Å². The van der Waals surface area contributed by atoms with Crippen LogP contribution in [0.3, 0.4) is 0 Å². The molecule has 0 radical (unpaired) electrons. The molecule has 0 unspecified atom stereocenters. The highest BCUT2D eigenvalue weighted by molar-refractivity contribution is 7.99. The number of thioether (sulfide) groups is 1. The van der Waals surface area contributed by atoms with Crippen molar-refractivity contribution in [3.63, 3.8) is 0 Å². The number of carbonyl (C=O) groups is 3. The summed E-state index contributed by atoms with van der Waals surface area (Å²) in [6.07, 6.45) is 0. The Morgan fingerprint density at radius 3 is 2.54 bits per heavy atom. The third kappa shape index (κ3) is 7.17. The first-order valence-electron chi connectivity index (χ1n) is 12.6. The molecule has 1 fully saturated rings. The van der Waals surface area contributed by atoms with Crippen molar-refractivity contribution in [1.82, 2.24) is 25.0 Å². The minimum atomic E-state index is -0.416. The maximum atomic E-state index is 12.9. The van der Waals surface area contributed by atoms with Crippen molar-refractivity contribution in [2.75, 3.05) is 37.4 Å². The molecule has 39 heavy (non-hydrogen) atoms. The quantitative estimate of drug-likeness (QED) is 0.376. The number of aromatic nitrogens is 3. The molecule has 0 spiro atoms. The van der Waals surface area contributed by atoms with Gasteiger partial charge in [0.2, 0.25) is 5.91 Å².